The molecule has 0 unspecified atom stereocenters. The lowest BCUT2D eigenvalue weighted by atomic mass is 10.0. The molecule has 2 aromatic carbocycles. The average molecular weight is 390 g/mol. The maximum atomic E-state index is 12.3. The van der Waals surface area contributed by atoms with Crippen molar-refractivity contribution in [3.63, 3.8) is 0 Å². The molecule has 8 heteroatoms. The molecule has 144 valence electrons. The molecule has 0 aromatic heterocycles. The summed E-state index contributed by atoms with van der Waals surface area (Å²) in [7, 11) is -3.66. The largest absolute Gasteiger partial charge is 0.481 e. The highest BCUT2D eigenvalue weighted by molar-refractivity contribution is 7.89. The van der Waals surface area contributed by atoms with Gasteiger partial charge in [-0.05, 0) is 35.7 Å². The molecule has 0 aliphatic heterocycles. The van der Waals surface area contributed by atoms with E-state index in [2.05, 4.69) is 10.0 Å². The Morgan fingerprint density at radius 2 is 1.63 bits per heavy atom. The molecule has 0 fully saturated rings. The van der Waals surface area contributed by atoms with Gasteiger partial charge in [0, 0.05) is 25.1 Å². The van der Waals surface area contributed by atoms with Crippen LogP contribution in [-0.4, -0.2) is 25.4 Å². The Bertz CT molecular complexity index is 880. The zero-order valence-corrected chi connectivity index (χ0v) is 15.7. The van der Waals surface area contributed by atoms with Crippen LogP contribution in [0.4, 0.5) is 5.69 Å². The summed E-state index contributed by atoms with van der Waals surface area (Å²) < 4.78 is 27.2. The minimum absolute atomic E-state index is 0.0744. The Hall–Kier alpha value is -2.71. The number of rotatable bonds is 9. The quantitative estimate of drug-likeness (QED) is 0.609. The zero-order chi connectivity index (χ0) is 19.9. The number of carbonyl (C=O) groups excluding carboxylic acids is 1. The zero-order valence-electron chi connectivity index (χ0n) is 14.9. The third-order valence-corrected chi connectivity index (χ3v) is 5.23. The molecular formula is C19H22N2O5S. The van der Waals surface area contributed by atoms with Crippen molar-refractivity contribution in [2.24, 2.45) is 5.92 Å². The molecule has 0 bridgehead atoms. The van der Waals surface area contributed by atoms with Gasteiger partial charge in [-0.1, -0.05) is 37.3 Å². The van der Waals surface area contributed by atoms with E-state index in [-0.39, 0.29) is 36.1 Å². The molecule has 3 N–H and O–H groups in total. The molecule has 0 saturated heterocycles. The molecule has 1 amide bonds. The van der Waals surface area contributed by atoms with Crippen LogP contribution in [-0.2, 0) is 26.2 Å². The van der Waals surface area contributed by atoms with Crippen LogP contribution in [0.3, 0.4) is 0 Å². The van der Waals surface area contributed by atoms with Crippen LogP contribution in [0, 0.1) is 5.92 Å². The summed E-state index contributed by atoms with van der Waals surface area (Å²) in [6.45, 7) is 1.87. The van der Waals surface area contributed by atoms with Crippen molar-refractivity contribution in [3.8, 4) is 0 Å². The predicted molar refractivity (Wildman–Crippen MR) is 102 cm³/mol. The molecule has 1 atom stereocenters. The molecule has 2 aromatic rings. The van der Waals surface area contributed by atoms with Gasteiger partial charge in [-0.15, -0.1) is 0 Å². The third-order valence-electron chi connectivity index (χ3n) is 3.81. The van der Waals surface area contributed by atoms with Crippen LogP contribution in [0.15, 0.2) is 59.5 Å². The number of aliphatic carboxylic acids is 1. The lowest BCUT2D eigenvalue weighted by Gasteiger charge is -2.10. The topological polar surface area (TPSA) is 113 Å². The van der Waals surface area contributed by atoms with Gasteiger partial charge in [0.2, 0.25) is 15.9 Å². The molecule has 2 rings (SSSR count). The number of carboxylic acids is 1. The minimum atomic E-state index is -3.66. The Balaban J connectivity index is 1.93. The average Bonchev–Trinajstić information content (AvgIpc) is 2.60. The highest BCUT2D eigenvalue weighted by atomic mass is 32.2. The Labute approximate surface area is 158 Å². The number of amides is 1. The second-order valence-electron chi connectivity index (χ2n) is 6.29. The fourth-order valence-corrected chi connectivity index (χ4v) is 3.49. The van der Waals surface area contributed by atoms with Gasteiger partial charge >= 0.3 is 5.97 Å². The lowest BCUT2D eigenvalue weighted by molar-refractivity contribution is -0.138. The molecule has 0 aliphatic carbocycles. The van der Waals surface area contributed by atoms with Gasteiger partial charge in [0.1, 0.15) is 0 Å². The van der Waals surface area contributed by atoms with Gasteiger partial charge in [0.05, 0.1) is 4.90 Å². The third kappa shape index (κ3) is 6.84. The molecule has 0 heterocycles. The van der Waals surface area contributed by atoms with Crippen LogP contribution in [0.1, 0.15) is 25.3 Å². The summed E-state index contributed by atoms with van der Waals surface area (Å²) in [6.07, 6.45) is -0.0112. The second-order valence-corrected chi connectivity index (χ2v) is 8.06. The first-order valence-corrected chi connectivity index (χ1v) is 9.90. The second kappa shape index (κ2) is 9.29. The van der Waals surface area contributed by atoms with E-state index < -0.39 is 16.0 Å². The first-order valence-electron chi connectivity index (χ1n) is 8.41. The summed E-state index contributed by atoms with van der Waals surface area (Å²) in [5.41, 5.74) is 1.30. The van der Waals surface area contributed by atoms with E-state index in [9.17, 15) is 18.0 Å². The van der Waals surface area contributed by atoms with Crippen molar-refractivity contribution in [3.05, 3.63) is 60.2 Å². The number of anilines is 1. The maximum absolute atomic E-state index is 12.3. The molecule has 7 nitrogen and oxygen atoms in total. The van der Waals surface area contributed by atoms with E-state index in [1.54, 1.807) is 6.92 Å². The summed E-state index contributed by atoms with van der Waals surface area (Å²) >= 11 is 0. The Kier molecular flexibility index (Phi) is 7.09. The van der Waals surface area contributed by atoms with Gasteiger partial charge in [0.15, 0.2) is 0 Å². The SMILES string of the molecule is C[C@H](CC(=O)O)CC(=O)Nc1ccc(S(=O)(=O)NCc2ccccc2)cc1. The van der Waals surface area contributed by atoms with E-state index in [1.165, 1.54) is 24.3 Å². The predicted octanol–water partition coefficient (Wildman–Crippen LogP) is 2.60. The van der Waals surface area contributed by atoms with Crippen molar-refractivity contribution in [2.45, 2.75) is 31.2 Å². The van der Waals surface area contributed by atoms with Crippen molar-refractivity contribution >= 4 is 27.6 Å². The van der Waals surface area contributed by atoms with E-state index in [4.69, 9.17) is 5.11 Å². The normalized spacial score (nSPS) is 12.3. The molecule has 0 radical (unpaired) electrons. The number of sulfonamides is 1. The van der Waals surface area contributed by atoms with Gasteiger partial charge in [-0.3, -0.25) is 9.59 Å². The van der Waals surface area contributed by atoms with Gasteiger partial charge in [-0.2, -0.15) is 0 Å². The first kappa shape index (κ1) is 20.6. The van der Waals surface area contributed by atoms with E-state index in [0.29, 0.717) is 5.69 Å². The number of nitrogens with one attached hydrogen (secondary N) is 2. The van der Waals surface area contributed by atoms with Crippen molar-refractivity contribution in [1.82, 2.24) is 4.72 Å². The molecule has 0 saturated carbocycles. The first-order chi connectivity index (χ1) is 12.8. The lowest BCUT2D eigenvalue weighted by Crippen LogP contribution is -2.23. The monoisotopic (exact) mass is 390 g/mol. The Morgan fingerprint density at radius 3 is 2.22 bits per heavy atom. The number of carboxylic acid groups (broad SMARTS) is 1. The number of hydrogen-bond donors (Lipinski definition) is 3. The maximum Gasteiger partial charge on any atom is 0.303 e. The molecule has 27 heavy (non-hydrogen) atoms. The highest BCUT2D eigenvalue weighted by Gasteiger charge is 2.15. The van der Waals surface area contributed by atoms with Crippen molar-refractivity contribution < 1.29 is 23.1 Å². The molecule has 0 spiro atoms. The van der Waals surface area contributed by atoms with Gasteiger partial charge in [-0.25, -0.2) is 13.1 Å². The van der Waals surface area contributed by atoms with Crippen LogP contribution in [0.5, 0.6) is 0 Å². The van der Waals surface area contributed by atoms with Gasteiger partial charge in [0.25, 0.3) is 0 Å². The fourth-order valence-electron chi connectivity index (χ4n) is 2.47. The molecule has 0 aliphatic rings. The summed E-state index contributed by atoms with van der Waals surface area (Å²) in [4.78, 5) is 22.6. The Morgan fingerprint density at radius 1 is 1.00 bits per heavy atom. The van der Waals surface area contributed by atoms with Crippen LogP contribution in [0.2, 0.25) is 0 Å². The number of benzene rings is 2. The highest BCUT2D eigenvalue weighted by Crippen LogP contribution is 2.16. The van der Waals surface area contributed by atoms with E-state index in [0.717, 1.165) is 5.56 Å². The number of carbonyl (C=O) groups is 2. The van der Waals surface area contributed by atoms with Crippen molar-refractivity contribution in [1.29, 1.82) is 0 Å². The van der Waals surface area contributed by atoms with E-state index >= 15 is 0 Å². The van der Waals surface area contributed by atoms with Crippen LogP contribution < -0.4 is 10.0 Å². The standard InChI is InChI=1S/C19H22N2O5S/c1-14(12-19(23)24)11-18(22)21-16-7-9-17(10-8-16)27(25,26)20-13-15-5-3-2-4-6-15/h2-10,14,20H,11-13H2,1H3,(H,21,22)(H,23,24)/t14-/m0/s1. The fraction of sp³-hybridized carbons (Fsp3) is 0.263. The number of hydrogen-bond acceptors (Lipinski definition) is 4. The smallest absolute Gasteiger partial charge is 0.303 e. The van der Waals surface area contributed by atoms with Crippen molar-refractivity contribution in [2.75, 3.05) is 5.32 Å². The summed E-state index contributed by atoms with van der Waals surface area (Å²) in [5.74, 6) is -1.56. The van der Waals surface area contributed by atoms with Crippen LogP contribution in [0.25, 0.3) is 0 Å². The molecular weight excluding hydrogens is 368 g/mol. The minimum Gasteiger partial charge on any atom is -0.481 e. The van der Waals surface area contributed by atoms with E-state index in [1.807, 2.05) is 30.3 Å². The van der Waals surface area contributed by atoms with Crippen LogP contribution >= 0.6 is 0 Å². The summed E-state index contributed by atoms with van der Waals surface area (Å²) in [5, 5.41) is 11.4. The summed E-state index contributed by atoms with van der Waals surface area (Å²) in [6, 6.07) is 15.0. The van der Waals surface area contributed by atoms with Gasteiger partial charge < -0.3 is 10.4 Å².